The molecule has 0 saturated heterocycles. The molecule has 2 N–H and O–H groups in total. The van der Waals surface area contributed by atoms with Crippen molar-refractivity contribution in [2.24, 2.45) is 0 Å². The maximum atomic E-state index is 11.5. The molecule has 1 aromatic rings. The van der Waals surface area contributed by atoms with E-state index >= 15 is 0 Å². The minimum absolute atomic E-state index is 0.0664. The van der Waals surface area contributed by atoms with Crippen LogP contribution in [0.15, 0.2) is 21.2 Å². The molecule has 0 aromatic carbocycles. The van der Waals surface area contributed by atoms with E-state index in [0.29, 0.717) is 11.2 Å². The minimum Gasteiger partial charge on any atom is -0.453 e. The van der Waals surface area contributed by atoms with Crippen LogP contribution in [0, 0.1) is 0 Å². The lowest BCUT2D eigenvalue weighted by molar-refractivity contribution is 0.0522. The van der Waals surface area contributed by atoms with Gasteiger partial charge in [-0.2, -0.15) is 0 Å². The van der Waals surface area contributed by atoms with E-state index < -0.39 is 11.7 Å². The van der Waals surface area contributed by atoms with Gasteiger partial charge in [0.15, 0.2) is 4.67 Å². The Hall–Kier alpha value is -1.01. The van der Waals surface area contributed by atoms with Crippen LogP contribution < -0.4 is 10.6 Å². The van der Waals surface area contributed by atoms with Crippen molar-refractivity contribution in [2.45, 2.75) is 52.3 Å². The highest BCUT2D eigenvalue weighted by atomic mass is 79.9. The molecular formula is C14H23BrN2O3. The Morgan fingerprint density at radius 3 is 2.55 bits per heavy atom. The molecule has 1 heterocycles. The summed E-state index contributed by atoms with van der Waals surface area (Å²) in [4.78, 5) is 11.5. The fourth-order valence-corrected chi connectivity index (χ4v) is 2.00. The Morgan fingerprint density at radius 1 is 1.40 bits per heavy atom. The standard InChI is InChI=1S/C14H23BrN2O3/c1-9(8-16-13(18)20-14(3,4)5)17-10(2)11-6-7-12(15)19-11/h6-7,9-10,17H,8H2,1-5H3,(H,16,18). The molecule has 2 atom stereocenters. The average Bonchev–Trinajstić information content (AvgIpc) is 2.71. The summed E-state index contributed by atoms with van der Waals surface area (Å²) in [5, 5.41) is 6.08. The molecule has 0 fully saturated rings. The largest absolute Gasteiger partial charge is 0.453 e. The topological polar surface area (TPSA) is 63.5 Å². The molecule has 0 aliphatic rings. The second-order valence-electron chi connectivity index (χ2n) is 5.81. The van der Waals surface area contributed by atoms with Gasteiger partial charge in [-0.05, 0) is 62.7 Å². The molecule has 114 valence electrons. The van der Waals surface area contributed by atoms with Crippen molar-refractivity contribution in [3.8, 4) is 0 Å². The van der Waals surface area contributed by atoms with Crippen LogP contribution in [0.4, 0.5) is 4.79 Å². The summed E-state index contributed by atoms with van der Waals surface area (Å²) in [6.45, 7) is 10.0. The van der Waals surface area contributed by atoms with Gasteiger partial charge in [-0.1, -0.05) is 0 Å². The second kappa shape index (κ2) is 7.13. The number of carbonyl (C=O) groups excluding carboxylic acids is 1. The predicted molar refractivity (Wildman–Crippen MR) is 81.7 cm³/mol. The average molecular weight is 347 g/mol. The molecule has 1 aromatic heterocycles. The van der Waals surface area contributed by atoms with Gasteiger partial charge < -0.3 is 19.8 Å². The highest BCUT2D eigenvalue weighted by molar-refractivity contribution is 9.10. The first kappa shape index (κ1) is 17.0. The van der Waals surface area contributed by atoms with Crippen LogP contribution in [0.5, 0.6) is 0 Å². The Kier molecular flexibility index (Phi) is 6.07. The fraction of sp³-hybridized carbons (Fsp3) is 0.643. The molecule has 0 spiro atoms. The minimum atomic E-state index is -0.478. The zero-order chi connectivity index (χ0) is 15.3. The number of hydrogen-bond acceptors (Lipinski definition) is 4. The Bertz CT molecular complexity index is 440. The maximum absolute atomic E-state index is 11.5. The van der Waals surface area contributed by atoms with E-state index in [2.05, 4.69) is 26.6 Å². The van der Waals surface area contributed by atoms with Gasteiger partial charge in [0.1, 0.15) is 11.4 Å². The van der Waals surface area contributed by atoms with Crippen molar-refractivity contribution in [3.05, 3.63) is 22.6 Å². The lowest BCUT2D eigenvalue weighted by Crippen LogP contribution is -2.41. The summed E-state index contributed by atoms with van der Waals surface area (Å²) in [6, 6.07) is 3.94. The molecule has 0 bridgehead atoms. The quantitative estimate of drug-likeness (QED) is 0.854. The number of hydrogen-bond donors (Lipinski definition) is 2. The third-order valence-corrected chi connectivity index (χ3v) is 2.93. The molecule has 6 heteroatoms. The van der Waals surface area contributed by atoms with Gasteiger partial charge in [-0.3, -0.25) is 0 Å². The van der Waals surface area contributed by atoms with Crippen LogP contribution in [0.25, 0.3) is 0 Å². The summed E-state index contributed by atoms with van der Waals surface area (Å²) in [5.41, 5.74) is -0.478. The van der Waals surface area contributed by atoms with Gasteiger partial charge >= 0.3 is 6.09 Å². The molecule has 1 amide bonds. The van der Waals surface area contributed by atoms with Crippen molar-refractivity contribution < 1.29 is 13.9 Å². The summed E-state index contributed by atoms with van der Waals surface area (Å²) in [7, 11) is 0. The van der Waals surface area contributed by atoms with Gasteiger partial charge in [-0.15, -0.1) is 0 Å². The van der Waals surface area contributed by atoms with Gasteiger partial charge in [0.05, 0.1) is 6.04 Å². The highest BCUT2D eigenvalue weighted by Gasteiger charge is 2.17. The molecule has 20 heavy (non-hydrogen) atoms. The smallest absolute Gasteiger partial charge is 0.407 e. The monoisotopic (exact) mass is 346 g/mol. The van der Waals surface area contributed by atoms with Gasteiger partial charge in [0.25, 0.3) is 0 Å². The first-order chi connectivity index (χ1) is 9.17. The van der Waals surface area contributed by atoms with Gasteiger partial charge in [0, 0.05) is 12.6 Å². The zero-order valence-electron chi connectivity index (χ0n) is 12.6. The Labute approximate surface area is 128 Å². The summed E-state index contributed by atoms with van der Waals surface area (Å²) < 4.78 is 11.4. The summed E-state index contributed by atoms with van der Waals surface area (Å²) >= 11 is 3.28. The van der Waals surface area contributed by atoms with Crippen LogP contribution in [0.1, 0.15) is 46.4 Å². The SMILES string of the molecule is CC(CNC(=O)OC(C)(C)C)NC(C)c1ccc(Br)o1. The molecule has 0 radical (unpaired) electrons. The van der Waals surface area contributed by atoms with Crippen LogP contribution in [-0.2, 0) is 4.74 Å². The number of alkyl carbamates (subject to hydrolysis) is 1. The fourth-order valence-electron chi connectivity index (χ4n) is 1.68. The Balaban J connectivity index is 2.33. The zero-order valence-corrected chi connectivity index (χ0v) is 14.2. The van der Waals surface area contributed by atoms with E-state index in [1.165, 1.54) is 0 Å². The normalized spacial score (nSPS) is 14.7. The van der Waals surface area contributed by atoms with E-state index in [9.17, 15) is 4.79 Å². The number of amides is 1. The van der Waals surface area contributed by atoms with Crippen molar-refractivity contribution in [1.82, 2.24) is 10.6 Å². The molecule has 0 saturated carbocycles. The highest BCUT2D eigenvalue weighted by Crippen LogP contribution is 2.20. The van der Waals surface area contributed by atoms with Crippen molar-refractivity contribution in [2.75, 3.05) is 6.54 Å². The first-order valence-corrected chi connectivity index (χ1v) is 7.45. The summed E-state index contributed by atoms with van der Waals surface area (Å²) in [6.07, 6.45) is -0.403. The third-order valence-electron chi connectivity index (χ3n) is 2.51. The Morgan fingerprint density at radius 2 is 2.05 bits per heavy atom. The van der Waals surface area contributed by atoms with Gasteiger partial charge in [0.2, 0.25) is 0 Å². The molecule has 0 aliphatic carbocycles. The van der Waals surface area contributed by atoms with E-state index in [-0.39, 0.29) is 12.1 Å². The maximum Gasteiger partial charge on any atom is 0.407 e. The number of furan rings is 1. The van der Waals surface area contributed by atoms with Gasteiger partial charge in [-0.25, -0.2) is 4.79 Å². The summed E-state index contributed by atoms with van der Waals surface area (Å²) in [5.74, 6) is 0.848. The lowest BCUT2D eigenvalue weighted by Gasteiger charge is -2.22. The van der Waals surface area contributed by atoms with Crippen molar-refractivity contribution in [1.29, 1.82) is 0 Å². The van der Waals surface area contributed by atoms with Crippen LogP contribution in [0.2, 0.25) is 0 Å². The van der Waals surface area contributed by atoms with Crippen molar-refractivity contribution in [3.63, 3.8) is 0 Å². The molecule has 0 aliphatic heterocycles. The van der Waals surface area contributed by atoms with E-state index in [0.717, 1.165) is 5.76 Å². The lowest BCUT2D eigenvalue weighted by atomic mass is 10.2. The van der Waals surface area contributed by atoms with E-state index in [4.69, 9.17) is 9.15 Å². The molecule has 1 rings (SSSR count). The second-order valence-corrected chi connectivity index (χ2v) is 6.60. The molecule has 5 nitrogen and oxygen atoms in total. The van der Waals surface area contributed by atoms with Crippen molar-refractivity contribution >= 4 is 22.0 Å². The molecule has 2 unspecified atom stereocenters. The predicted octanol–water partition coefficient (Wildman–Crippen LogP) is 3.61. The number of carbonyl (C=O) groups is 1. The van der Waals surface area contributed by atoms with Crippen LogP contribution in [-0.4, -0.2) is 24.3 Å². The number of ether oxygens (including phenoxy) is 1. The van der Waals surface area contributed by atoms with E-state index in [1.54, 1.807) is 0 Å². The number of nitrogens with one attached hydrogen (secondary N) is 2. The molecular weight excluding hydrogens is 324 g/mol. The third kappa shape index (κ3) is 6.43. The first-order valence-electron chi connectivity index (χ1n) is 6.65. The van der Waals surface area contributed by atoms with Crippen LogP contribution >= 0.6 is 15.9 Å². The van der Waals surface area contributed by atoms with Crippen LogP contribution in [0.3, 0.4) is 0 Å². The van der Waals surface area contributed by atoms with E-state index in [1.807, 2.05) is 46.8 Å². The number of halogens is 1. The number of rotatable bonds is 5.